The third-order valence-electron chi connectivity index (χ3n) is 2.28. The predicted molar refractivity (Wildman–Crippen MR) is 68.2 cm³/mol. The van der Waals surface area contributed by atoms with E-state index < -0.39 is 0 Å². The zero-order chi connectivity index (χ0) is 12.3. The normalized spacial score (nSPS) is 10.8. The molecule has 2 aromatic rings. The van der Waals surface area contributed by atoms with E-state index in [1.54, 1.807) is 12.3 Å². The molecule has 1 aromatic carbocycles. The average Bonchev–Trinajstić information content (AvgIpc) is 2.68. The molecule has 1 heterocycles. The Morgan fingerprint density at radius 3 is 2.76 bits per heavy atom. The molecule has 0 unspecified atom stereocenters. The number of aryl methyl sites for hydroxylation is 1. The molecule has 5 heteroatoms. The molecule has 90 valence electrons. The summed E-state index contributed by atoms with van der Waals surface area (Å²) in [5, 5.41) is 4.51. The van der Waals surface area contributed by atoms with Gasteiger partial charge in [0.2, 0.25) is 5.89 Å². The van der Waals surface area contributed by atoms with Crippen LogP contribution in [-0.2, 0) is 13.1 Å². The molecule has 0 fully saturated rings. The van der Waals surface area contributed by atoms with Gasteiger partial charge < -0.3 is 9.73 Å². The molecule has 0 aliphatic heterocycles. The van der Waals surface area contributed by atoms with Crippen LogP contribution < -0.4 is 5.32 Å². The maximum atomic E-state index is 6.05. The van der Waals surface area contributed by atoms with Crippen LogP contribution in [0.5, 0.6) is 0 Å². The van der Waals surface area contributed by atoms with Crippen LogP contribution in [-0.4, -0.2) is 4.98 Å². The highest BCUT2D eigenvalue weighted by atomic mass is 35.5. The van der Waals surface area contributed by atoms with Crippen molar-refractivity contribution in [3.05, 3.63) is 51.7 Å². The summed E-state index contributed by atoms with van der Waals surface area (Å²) in [4.78, 5) is 4.10. The molecule has 0 bridgehead atoms. The van der Waals surface area contributed by atoms with Gasteiger partial charge in [0.1, 0.15) is 5.76 Å². The number of hydrogen-bond acceptors (Lipinski definition) is 3. The lowest BCUT2D eigenvalue weighted by Gasteiger charge is -2.05. The fraction of sp³-hybridized carbons (Fsp3) is 0.250. The van der Waals surface area contributed by atoms with E-state index in [1.807, 2.05) is 19.1 Å². The smallest absolute Gasteiger partial charge is 0.208 e. The standard InChI is InChI=1S/C12H12Cl2N2O/c1-8-5-16-12(17-8)7-15-6-9-2-3-10(13)4-11(9)14/h2-5,15H,6-7H2,1H3. The summed E-state index contributed by atoms with van der Waals surface area (Å²) in [5.41, 5.74) is 0.999. The van der Waals surface area contributed by atoms with E-state index in [0.29, 0.717) is 29.0 Å². The molecular weight excluding hydrogens is 259 g/mol. The van der Waals surface area contributed by atoms with Gasteiger partial charge in [0.25, 0.3) is 0 Å². The Bertz CT molecular complexity index is 511. The zero-order valence-corrected chi connectivity index (χ0v) is 10.8. The third-order valence-corrected chi connectivity index (χ3v) is 2.86. The average molecular weight is 271 g/mol. The van der Waals surface area contributed by atoms with Crippen LogP contribution in [0.4, 0.5) is 0 Å². The summed E-state index contributed by atoms with van der Waals surface area (Å²) < 4.78 is 5.34. The Labute approximate surface area is 110 Å². The zero-order valence-electron chi connectivity index (χ0n) is 9.34. The first-order chi connectivity index (χ1) is 8.15. The number of nitrogens with zero attached hydrogens (tertiary/aromatic N) is 1. The minimum atomic E-state index is 0.576. The minimum Gasteiger partial charge on any atom is -0.445 e. The van der Waals surface area contributed by atoms with Gasteiger partial charge in [-0.15, -0.1) is 0 Å². The Kier molecular flexibility index (Phi) is 4.05. The second kappa shape index (κ2) is 5.54. The summed E-state index contributed by atoms with van der Waals surface area (Å²) in [6.07, 6.45) is 1.70. The quantitative estimate of drug-likeness (QED) is 0.923. The molecule has 0 radical (unpaired) electrons. The highest BCUT2D eigenvalue weighted by Gasteiger charge is 2.03. The second-order valence-electron chi connectivity index (χ2n) is 3.70. The topological polar surface area (TPSA) is 38.1 Å². The monoisotopic (exact) mass is 270 g/mol. The van der Waals surface area contributed by atoms with Crippen LogP contribution >= 0.6 is 23.2 Å². The molecule has 1 aromatic heterocycles. The summed E-state index contributed by atoms with van der Waals surface area (Å²) in [7, 11) is 0. The molecule has 17 heavy (non-hydrogen) atoms. The van der Waals surface area contributed by atoms with E-state index in [0.717, 1.165) is 11.3 Å². The van der Waals surface area contributed by atoms with Crippen molar-refractivity contribution in [1.82, 2.24) is 10.3 Å². The van der Waals surface area contributed by atoms with Crippen LogP contribution in [0.25, 0.3) is 0 Å². The number of oxazole rings is 1. The van der Waals surface area contributed by atoms with Crippen LogP contribution in [0.1, 0.15) is 17.2 Å². The first-order valence-corrected chi connectivity index (χ1v) is 5.96. The molecule has 1 N–H and O–H groups in total. The van der Waals surface area contributed by atoms with E-state index in [4.69, 9.17) is 27.6 Å². The van der Waals surface area contributed by atoms with Crippen LogP contribution in [0.15, 0.2) is 28.8 Å². The van der Waals surface area contributed by atoms with Gasteiger partial charge in [-0.25, -0.2) is 4.98 Å². The van der Waals surface area contributed by atoms with Crippen molar-refractivity contribution in [2.45, 2.75) is 20.0 Å². The van der Waals surface area contributed by atoms with Crippen molar-refractivity contribution in [1.29, 1.82) is 0 Å². The Hall–Kier alpha value is -1.03. The Balaban J connectivity index is 1.90. The Morgan fingerprint density at radius 2 is 2.12 bits per heavy atom. The summed E-state index contributed by atoms with van der Waals surface area (Å²) in [6.45, 7) is 3.09. The lowest BCUT2D eigenvalue weighted by atomic mass is 10.2. The van der Waals surface area contributed by atoms with Gasteiger partial charge in [-0.05, 0) is 24.6 Å². The molecule has 0 saturated heterocycles. The van der Waals surface area contributed by atoms with E-state index in [-0.39, 0.29) is 0 Å². The minimum absolute atomic E-state index is 0.576. The van der Waals surface area contributed by atoms with Gasteiger partial charge >= 0.3 is 0 Å². The second-order valence-corrected chi connectivity index (χ2v) is 4.55. The SMILES string of the molecule is Cc1cnc(CNCc2ccc(Cl)cc2Cl)o1. The lowest BCUT2D eigenvalue weighted by molar-refractivity contribution is 0.449. The molecule has 0 aliphatic carbocycles. The number of aromatic nitrogens is 1. The van der Waals surface area contributed by atoms with Gasteiger partial charge in [-0.2, -0.15) is 0 Å². The van der Waals surface area contributed by atoms with Gasteiger partial charge in [0.05, 0.1) is 12.7 Å². The molecule has 0 saturated carbocycles. The number of nitrogens with one attached hydrogen (secondary N) is 1. The van der Waals surface area contributed by atoms with E-state index >= 15 is 0 Å². The van der Waals surface area contributed by atoms with Gasteiger partial charge in [0.15, 0.2) is 0 Å². The fourth-order valence-corrected chi connectivity index (χ4v) is 1.93. The number of benzene rings is 1. The number of rotatable bonds is 4. The first kappa shape index (κ1) is 12.4. The lowest BCUT2D eigenvalue weighted by Crippen LogP contribution is -2.13. The molecule has 0 spiro atoms. The van der Waals surface area contributed by atoms with E-state index in [1.165, 1.54) is 0 Å². The van der Waals surface area contributed by atoms with Crippen molar-refractivity contribution in [2.75, 3.05) is 0 Å². The third kappa shape index (κ3) is 3.46. The molecular formula is C12H12Cl2N2O. The molecule has 0 aliphatic rings. The van der Waals surface area contributed by atoms with Crippen molar-refractivity contribution in [3.8, 4) is 0 Å². The maximum absolute atomic E-state index is 6.05. The predicted octanol–water partition coefficient (Wildman–Crippen LogP) is 3.58. The number of hydrogen-bond donors (Lipinski definition) is 1. The van der Waals surface area contributed by atoms with Crippen LogP contribution in [0.3, 0.4) is 0 Å². The molecule has 0 atom stereocenters. The largest absolute Gasteiger partial charge is 0.445 e. The van der Waals surface area contributed by atoms with Crippen molar-refractivity contribution in [2.24, 2.45) is 0 Å². The highest BCUT2D eigenvalue weighted by Crippen LogP contribution is 2.20. The highest BCUT2D eigenvalue weighted by molar-refractivity contribution is 6.35. The fourth-order valence-electron chi connectivity index (χ4n) is 1.45. The molecule has 0 amide bonds. The van der Waals surface area contributed by atoms with Crippen molar-refractivity contribution < 1.29 is 4.42 Å². The molecule has 3 nitrogen and oxygen atoms in total. The summed E-state index contributed by atoms with van der Waals surface area (Å²) >= 11 is 11.9. The number of halogens is 2. The van der Waals surface area contributed by atoms with Crippen LogP contribution in [0, 0.1) is 6.92 Å². The van der Waals surface area contributed by atoms with E-state index in [9.17, 15) is 0 Å². The van der Waals surface area contributed by atoms with Crippen molar-refractivity contribution >= 4 is 23.2 Å². The summed E-state index contributed by atoms with van der Waals surface area (Å²) in [6, 6.07) is 5.45. The van der Waals surface area contributed by atoms with Gasteiger partial charge in [0, 0.05) is 16.6 Å². The van der Waals surface area contributed by atoms with Gasteiger partial charge in [-0.3, -0.25) is 0 Å². The first-order valence-electron chi connectivity index (χ1n) is 5.21. The maximum Gasteiger partial charge on any atom is 0.208 e. The summed E-state index contributed by atoms with van der Waals surface area (Å²) in [5.74, 6) is 1.49. The Morgan fingerprint density at radius 1 is 1.29 bits per heavy atom. The van der Waals surface area contributed by atoms with Crippen molar-refractivity contribution in [3.63, 3.8) is 0 Å². The van der Waals surface area contributed by atoms with Crippen LogP contribution in [0.2, 0.25) is 10.0 Å². The molecule has 2 rings (SSSR count). The van der Waals surface area contributed by atoms with E-state index in [2.05, 4.69) is 10.3 Å². The van der Waals surface area contributed by atoms with Gasteiger partial charge in [-0.1, -0.05) is 29.3 Å².